The molecule has 0 unspecified atom stereocenters. The largest absolute Gasteiger partial charge is 0.586 e. The van der Waals surface area contributed by atoms with Crippen molar-refractivity contribution in [1.82, 2.24) is 5.32 Å². The molecular weight excluding hydrogens is 346 g/mol. The highest BCUT2D eigenvalue weighted by Crippen LogP contribution is 2.42. The molecule has 2 aromatic rings. The van der Waals surface area contributed by atoms with E-state index < -0.39 is 6.29 Å². The molecule has 3 rings (SSSR count). The first-order valence-electron chi connectivity index (χ1n) is 7.92. The summed E-state index contributed by atoms with van der Waals surface area (Å²) in [5.74, 6) is -0.796. The fourth-order valence-electron chi connectivity index (χ4n) is 2.41. The lowest BCUT2D eigenvalue weighted by Crippen LogP contribution is -2.28. The number of fused-ring (bicyclic) bond motifs is 1. The predicted octanol–water partition coefficient (Wildman–Crippen LogP) is 2.70. The number of benzene rings is 2. The summed E-state index contributed by atoms with van der Waals surface area (Å²) in [4.78, 5) is 23.7. The quantitative estimate of drug-likeness (QED) is 0.828. The van der Waals surface area contributed by atoms with Crippen LogP contribution in [0.1, 0.15) is 12.0 Å². The van der Waals surface area contributed by atoms with Crippen molar-refractivity contribution in [3.05, 3.63) is 54.1 Å². The van der Waals surface area contributed by atoms with Gasteiger partial charge in [0.1, 0.15) is 0 Å². The van der Waals surface area contributed by atoms with Gasteiger partial charge in [-0.15, -0.1) is 8.78 Å². The summed E-state index contributed by atoms with van der Waals surface area (Å²) < 4.78 is 34.5. The molecule has 136 valence electrons. The molecule has 2 aromatic carbocycles. The van der Waals surface area contributed by atoms with Crippen LogP contribution in [0.3, 0.4) is 0 Å². The van der Waals surface area contributed by atoms with Crippen molar-refractivity contribution in [1.29, 1.82) is 0 Å². The first-order valence-corrected chi connectivity index (χ1v) is 7.92. The fraction of sp³-hybridized carbons (Fsp3) is 0.222. The van der Waals surface area contributed by atoms with E-state index in [1.165, 1.54) is 18.2 Å². The summed E-state index contributed by atoms with van der Waals surface area (Å²) in [5.41, 5.74) is 1.18. The van der Waals surface area contributed by atoms with Crippen molar-refractivity contribution >= 4 is 17.5 Å². The molecule has 0 radical (unpaired) electrons. The van der Waals surface area contributed by atoms with Gasteiger partial charge in [0, 0.05) is 24.7 Å². The number of carbonyl (C=O) groups is 2. The predicted molar refractivity (Wildman–Crippen MR) is 89.0 cm³/mol. The summed E-state index contributed by atoms with van der Waals surface area (Å²) in [6.45, 7) is 0.167. The van der Waals surface area contributed by atoms with E-state index in [2.05, 4.69) is 20.1 Å². The summed E-state index contributed by atoms with van der Waals surface area (Å²) in [6.07, 6.45) is -3.42. The van der Waals surface area contributed by atoms with E-state index in [4.69, 9.17) is 0 Å². The zero-order valence-electron chi connectivity index (χ0n) is 13.6. The number of nitrogens with one attached hydrogen (secondary N) is 2. The van der Waals surface area contributed by atoms with Crippen LogP contribution in [-0.4, -0.2) is 24.7 Å². The molecule has 0 saturated heterocycles. The van der Waals surface area contributed by atoms with Crippen LogP contribution < -0.4 is 20.1 Å². The van der Waals surface area contributed by atoms with E-state index >= 15 is 0 Å². The minimum Gasteiger partial charge on any atom is -0.395 e. The molecule has 0 bridgehead atoms. The van der Waals surface area contributed by atoms with Gasteiger partial charge in [0.05, 0.1) is 6.42 Å². The molecule has 0 saturated carbocycles. The molecule has 0 fully saturated rings. The maximum absolute atomic E-state index is 13.0. The minimum atomic E-state index is -3.70. The highest BCUT2D eigenvalue weighted by atomic mass is 19.3. The van der Waals surface area contributed by atoms with Crippen molar-refractivity contribution in [2.24, 2.45) is 0 Å². The molecule has 0 atom stereocenters. The molecule has 0 aromatic heterocycles. The number of amides is 2. The third kappa shape index (κ3) is 4.69. The Morgan fingerprint density at radius 1 is 0.962 bits per heavy atom. The lowest BCUT2D eigenvalue weighted by Gasteiger charge is -2.07. The van der Waals surface area contributed by atoms with Gasteiger partial charge < -0.3 is 20.1 Å². The normalized spacial score (nSPS) is 13.9. The number of ether oxygens (including phenoxy) is 2. The number of alkyl halides is 2. The van der Waals surface area contributed by atoms with Crippen LogP contribution in [0.4, 0.5) is 14.5 Å². The molecule has 0 aliphatic carbocycles. The Morgan fingerprint density at radius 3 is 2.46 bits per heavy atom. The second kappa shape index (κ2) is 7.38. The van der Waals surface area contributed by atoms with Gasteiger partial charge in [-0.05, 0) is 17.7 Å². The Bertz CT molecular complexity index is 812. The molecule has 26 heavy (non-hydrogen) atoms. The zero-order chi connectivity index (χ0) is 18.6. The Hall–Kier alpha value is -3.16. The molecule has 8 heteroatoms. The van der Waals surface area contributed by atoms with Crippen molar-refractivity contribution in [3.63, 3.8) is 0 Å². The summed E-state index contributed by atoms with van der Waals surface area (Å²) in [6, 6.07) is 13.2. The van der Waals surface area contributed by atoms with Gasteiger partial charge in [-0.2, -0.15) is 0 Å². The average Bonchev–Trinajstić information content (AvgIpc) is 2.89. The van der Waals surface area contributed by atoms with Gasteiger partial charge >= 0.3 is 6.29 Å². The van der Waals surface area contributed by atoms with Crippen LogP contribution in [0, 0.1) is 0 Å². The Balaban J connectivity index is 1.43. The molecule has 1 aliphatic rings. The van der Waals surface area contributed by atoms with E-state index in [9.17, 15) is 18.4 Å². The van der Waals surface area contributed by atoms with Gasteiger partial charge in [0.25, 0.3) is 0 Å². The van der Waals surface area contributed by atoms with Gasteiger partial charge in [-0.1, -0.05) is 30.3 Å². The maximum atomic E-state index is 13.0. The third-order valence-corrected chi connectivity index (χ3v) is 3.57. The number of hydrogen-bond donors (Lipinski definition) is 2. The number of carbonyl (C=O) groups excluding carboxylic acids is 2. The number of anilines is 1. The summed E-state index contributed by atoms with van der Waals surface area (Å²) >= 11 is 0. The van der Waals surface area contributed by atoms with Gasteiger partial charge in [0.2, 0.25) is 11.8 Å². The molecule has 1 aliphatic heterocycles. The van der Waals surface area contributed by atoms with Crippen LogP contribution in [0.2, 0.25) is 0 Å². The average molecular weight is 362 g/mol. The topological polar surface area (TPSA) is 76.7 Å². The summed E-state index contributed by atoms with van der Waals surface area (Å²) in [7, 11) is 0. The van der Waals surface area contributed by atoms with Crippen LogP contribution in [0.15, 0.2) is 48.5 Å². The van der Waals surface area contributed by atoms with E-state index in [0.29, 0.717) is 5.69 Å². The fourth-order valence-corrected chi connectivity index (χ4v) is 2.41. The lowest BCUT2D eigenvalue weighted by atomic mass is 10.1. The van der Waals surface area contributed by atoms with E-state index in [0.717, 1.165) is 5.56 Å². The van der Waals surface area contributed by atoms with Crippen LogP contribution in [0.25, 0.3) is 0 Å². The SMILES string of the molecule is O=C(Cc1ccccc1)NCCC(=O)Nc1ccc2c(c1)OC(F)(F)O2. The molecule has 2 N–H and O–H groups in total. The molecule has 1 heterocycles. The number of hydrogen-bond acceptors (Lipinski definition) is 4. The second-order valence-electron chi connectivity index (χ2n) is 5.64. The van der Waals surface area contributed by atoms with Crippen molar-refractivity contribution < 1.29 is 27.8 Å². The van der Waals surface area contributed by atoms with Gasteiger partial charge in [-0.25, -0.2) is 0 Å². The molecule has 0 spiro atoms. The first kappa shape index (κ1) is 17.7. The third-order valence-electron chi connectivity index (χ3n) is 3.57. The van der Waals surface area contributed by atoms with Crippen LogP contribution in [0.5, 0.6) is 11.5 Å². The van der Waals surface area contributed by atoms with E-state index in [1.54, 1.807) is 0 Å². The monoisotopic (exact) mass is 362 g/mol. The van der Waals surface area contributed by atoms with E-state index in [-0.39, 0.29) is 42.7 Å². The summed E-state index contributed by atoms with van der Waals surface area (Å²) in [5, 5.41) is 5.21. The second-order valence-corrected chi connectivity index (χ2v) is 5.64. The van der Waals surface area contributed by atoms with E-state index in [1.807, 2.05) is 30.3 Å². The maximum Gasteiger partial charge on any atom is 0.586 e. The highest BCUT2D eigenvalue weighted by molar-refractivity contribution is 5.91. The van der Waals surface area contributed by atoms with Crippen LogP contribution in [-0.2, 0) is 16.0 Å². The standard InChI is InChI=1S/C18H16F2N2O4/c19-18(20)25-14-7-6-13(11-15(14)26-18)22-16(23)8-9-21-17(24)10-12-4-2-1-3-5-12/h1-7,11H,8-10H2,(H,21,24)(H,22,23). The number of halogens is 2. The highest BCUT2D eigenvalue weighted by Gasteiger charge is 2.43. The number of rotatable bonds is 6. The first-order chi connectivity index (χ1) is 12.4. The lowest BCUT2D eigenvalue weighted by molar-refractivity contribution is -0.286. The Labute approximate surface area is 148 Å². The van der Waals surface area contributed by atoms with Gasteiger partial charge in [-0.3, -0.25) is 9.59 Å². The van der Waals surface area contributed by atoms with Crippen molar-refractivity contribution in [2.45, 2.75) is 19.1 Å². The molecular formula is C18H16F2N2O4. The Morgan fingerprint density at radius 2 is 1.69 bits per heavy atom. The van der Waals surface area contributed by atoms with Gasteiger partial charge in [0.15, 0.2) is 11.5 Å². The minimum absolute atomic E-state index is 0.0468. The smallest absolute Gasteiger partial charge is 0.395 e. The van der Waals surface area contributed by atoms with Crippen LogP contribution >= 0.6 is 0 Å². The molecule has 6 nitrogen and oxygen atoms in total. The Kier molecular flexibility index (Phi) is 5.01. The van der Waals surface area contributed by atoms with Crippen molar-refractivity contribution in [2.75, 3.05) is 11.9 Å². The zero-order valence-corrected chi connectivity index (χ0v) is 13.6. The van der Waals surface area contributed by atoms with Crippen molar-refractivity contribution in [3.8, 4) is 11.5 Å². The molecule has 2 amide bonds.